The second-order valence-corrected chi connectivity index (χ2v) is 6.57. The van der Waals surface area contributed by atoms with Gasteiger partial charge in [0.2, 0.25) is 5.91 Å². The van der Waals surface area contributed by atoms with Crippen molar-refractivity contribution in [2.75, 3.05) is 20.8 Å². The fourth-order valence-electron chi connectivity index (χ4n) is 2.25. The van der Waals surface area contributed by atoms with Crippen molar-refractivity contribution in [1.82, 2.24) is 5.32 Å². The number of aliphatic hydroxyl groups is 1. The van der Waals surface area contributed by atoms with Gasteiger partial charge in [-0.05, 0) is 20.8 Å². The zero-order valence-electron chi connectivity index (χ0n) is 14.5. The maximum absolute atomic E-state index is 12.2. The molecule has 0 unspecified atom stereocenters. The molecule has 8 heteroatoms. The predicted molar refractivity (Wildman–Crippen MR) is 80.5 cm³/mol. The lowest BCUT2D eigenvalue weighted by atomic mass is 9.94. The zero-order valence-corrected chi connectivity index (χ0v) is 14.5. The number of rotatable bonds is 5. The van der Waals surface area contributed by atoms with Crippen molar-refractivity contribution in [2.24, 2.45) is 5.41 Å². The molecule has 0 bridgehead atoms. The van der Waals surface area contributed by atoms with E-state index < -0.39 is 42.0 Å². The summed E-state index contributed by atoms with van der Waals surface area (Å²) in [5.41, 5.74) is -0.737. The number of esters is 1. The van der Waals surface area contributed by atoms with Gasteiger partial charge in [-0.3, -0.25) is 9.59 Å². The number of ether oxygens (including phenoxy) is 4. The average Bonchev–Trinajstić information content (AvgIpc) is 2.44. The lowest BCUT2D eigenvalue weighted by Crippen LogP contribution is -2.65. The molecule has 1 heterocycles. The number of amides is 1. The topological polar surface area (TPSA) is 103 Å². The third-order valence-electron chi connectivity index (χ3n) is 3.46. The number of carbonyl (C=O) groups excluding carboxylic acids is 2. The minimum absolute atomic E-state index is 0.103. The molecule has 0 radical (unpaired) electrons. The highest BCUT2D eigenvalue weighted by Crippen LogP contribution is 2.27. The van der Waals surface area contributed by atoms with E-state index in [1.165, 1.54) is 21.1 Å². The maximum atomic E-state index is 12.2. The van der Waals surface area contributed by atoms with Gasteiger partial charge in [-0.25, -0.2) is 0 Å². The van der Waals surface area contributed by atoms with Crippen LogP contribution in [0.3, 0.4) is 0 Å². The summed E-state index contributed by atoms with van der Waals surface area (Å²) in [4.78, 5) is 23.5. The zero-order chi connectivity index (χ0) is 17.8. The van der Waals surface area contributed by atoms with E-state index in [0.29, 0.717) is 0 Å². The smallest absolute Gasteiger partial charge is 0.311 e. The Balaban J connectivity index is 3.01. The summed E-state index contributed by atoms with van der Waals surface area (Å²) in [6, 6.07) is -0.858. The molecule has 1 amide bonds. The van der Waals surface area contributed by atoms with Crippen molar-refractivity contribution >= 4 is 11.9 Å². The van der Waals surface area contributed by atoms with Crippen molar-refractivity contribution in [3.63, 3.8) is 0 Å². The number of carbonyl (C=O) groups is 2. The van der Waals surface area contributed by atoms with Crippen LogP contribution in [0, 0.1) is 5.41 Å². The normalized spacial score (nSPS) is 31.5. The van der Waals surface area contributed by atoms with Gasteiger partial charge in [-0.2, -0.15) is 0 Å². The van der Waals surface area contributed by atoms with Crippen molar-refractivity contribution < 1.29 is 33.6 Å². The summed E-state index contributed by atoms with van der Waals surface area (Å²) < 4.78 is 21.4. The molecule has 2 N–H and O–H groups in total. The van der Waals surface area contributed by atoms with Crippen LogP contribution in [-0.4, -0.2) is 68.5 Å². The van der Waals surface area contributed by atoms with E-state index in [1.54, 1.807) is 20.8 Å². The van der Waals surface area contributed by atoms with Gasteiger partial charge >= 0.3 is 5.97 Å². The van der Waals surface area contributed by atoms with Gasteiger partial charge < -0.3 is 29.4 Å². The number of aliphatic hydroxyl groups excluding tert-OH is 1. The third-order valence-corrected chi connectivity index (χ3v) is 3.46. The average molecular weight is 333 g/mol. The van der Waals surface area contributed by atoms with E-state index in [1.807, 2.05) is 0 Å². The Morgan fingerprint density at radius 2 is 1.87 bits per heavy atom. The Hall–Kier alpha value is -1.22. The minimum atomic E-state index is -1.19. The number of nitrogens with one attached hydrogen (secondary N) is 1. The van der Waals surface area contributed by atoms with Gasteiger partial charge in [-0.15, -0.1) is 0 Å². The molecule has 0 aromatic carbocycles. The molecule has 0 aromatic rings. The van der Waals surface area contributed by atoms with Crippen LogP contribution in [0.2, 0.25) is 0 Å². The van der Waals surface area contributed by atoms with E-state index in [-0.39, 0.29) is 12.5 Å². The monoisotopic (exact) mass is 333 g/mol. The highest BCUT2D eigenvalue weighted by Gasteiger charge is 2.48. The second kappa shape index (κ2) is 8.05. The second-order valence-electron chi connectivity index (χ2n) is 6.57. The molecule has 8 nitrogen and oxygen atoms in total. The molecule has 0 aliphatic carbocycles. The Labute approximate surface area is 136 Å². The fraction of sp³-hybridized carbons (Fsp3) is 0.867. The van der Waals surface area contributed by atoms with Crippen LogP contribution in [0.25, 0.3) is 0 Å². The largest absolute Gasteiger partial charge is 0.456 e. The molecule has 1 saturated heterocycles. The van der Waals surface area contributed by atoms with Gasteiger partial charge in [0.05, 0.1) is 12.0 Å². The Morgan fingerprint density at radius 1 is 1.26 bits per heavy atom. The van der Waals surface area contributed by atoms with Crippen LogP contribution in [0.1, 0.15) is 27.7 Å². The van der Waals surface area contributed by atoms with Gasteiger partial charge in [-0.1, -0.05) is 0 Å². The molecule has 0 aromatic heterocycles. The van der Waals surface area contributed by atoms with Gasteiger partial charge in [0.25, 0.3) is 0 Å². The SMILES string of the molecule is COC[C@H]1O[C@@H](OC)[C@H](NC(C)=O)[C@@H](O)[C@H]1OC(=O)C(C)(C)C. The van der Waals surface area contributed by atoms with Crippen molar-refractivity contribution in [3.05, 3.63) is 0 Å². The van der Waals surface area contributed by atoms with Crippen LogP contribution in [0.5, 0.6) is 0 Å². The van der Waals surface area contributed by atoms with E-state index in [9.17, 15) is 14.7 Å². The standard InChI is InChI=1S/C15H27NO7/c1-8(17)16-10-11(18)12(23-14(19)15(2,3)4)9(7-20-5)22-13(10)21-6/h9-13,18H,7H2,1-6H3,(H,16,17)/t9-,10-,11-,12+,13-/m1/s1. The van der Waals surface area contributed by atoms with E-state index in [4.69, 9.17) is 18.9 Å². The third kappa shape index (κ3) is 5.13. The molecule has 134 valence electrons. The minimum Gasteiger partial charge on any atom is -0.456 e. The summed E-state index contributed by atoms with van der Waals surface area (Å²) in [6.07, 6.45) is -3.76. The van der Waals surface area contributed by atoms with Crippen LogP contribution < -0.4 is 5.32 Å². The highest BCUT2D eigenvalue weighted by atomic mass is 16.7. The summed E-state index contributed by atoms with van der Waals surface area (Å²) in [7, 11) is 2.87. The van der Waals surface area contributed by atoms with Gasteiger partial charge in [0, 0.05) is 21.1 Å². The highest BCUT2D eigenvalue weighted by molar-refractivity contribution is 5.75. The van der Waals surface area contributed by atoms with Crippen LogP contribution in [0.4, 0.5) is 0 Å². The van der Waals surface area contributed by atoms with Crippen molar-refractivity contribution in [2.45, 2.75) is 58.3 Å². The quantitative estimate of drug-likeness (QED) is 0.673. The van der Waals surface area contributed by atoms with Crippen molar-refractivity contribution in [3.8, 4) is 0 Å². The maximum Gasteiger partial charge on any atom is 0.311 e. The first-order chi connectivity index (χ1) is 10.6. The molecule has 23 heavy (non-hydrogen) atoms. The van der Waals surface area contributed by atoms with Crippen LogP contribution in [-0.2, 0) is 28.5 Å². The molecule has 0 saturated carbocycles. The summed E-state index contributed by atoms with van der Waals surface area (Å²) in [6.45, 7) is 6.54. The Bertz CT molecular complexity index is 421. The lowest BCUT2D eigenvalue weighted by Gasteiger charge is -2.44. The molecular formula is C15H27NO7. The molecule has 0 spiro atoms. The molecule has 1 aliphatic heterocycles. The van der Waals surface area contributed by atoms with Crippen molar-refractivity contribution in [1.29, 1.82) is 0 Å². The molecular weight excluding hydrogens is 306 g/mol. The lowest BCUT2D eigenvalue weighted by molar-refractivity contribution is -0.270. The Kier molecular flexibility index (Phi) is 6.94. The predicted octanol–water partition coefficient (Wildman–Crippen LogP) is -0.172. The molecule has 1 fully saturated rings. The first kappa shape index (κ1) is 19.8. The fourth-order valence-corrected chi connectivity index (χ4v) is 2.25. The van der Waals surface area contributed by atoms with E-state index in [2.05, 4.69) is 5.32 Å². The Morgan fingerprint density at radius 3 is 2.30 bits per heavy atom. The first-order valence-electron chi connectivity index (χ1n) is 7.45. The number of hydrogen-bond donors (Lipinski definition) is 2. The molecule has 1 rings (SSSR count). The first-order valence-corrected chi connectivity index (χ1v) is 7.45. The van der Waals surface area contributed by atoms with E-state index >= 15 is 0 Å². The summed E-state index contributed by atoms with van der Waals surface area (Å²) >= 11 is 0. The number of hydrogen-bond acceptors (Lipinski definition) is 7. The number of methoxy groups -OCH3 is 2. The van der Waals surface area contributed by atoms with E-state index in [0.717, 1.165) is 0 Å². The molecule has 5 atom stereocenters. The van der Waals surface area contributed by atoms with Crippen LogP contribution >= 0.6 is 0 Å². The van der Waals surface area contributed by atoms with Crippen LogP contribution in [0.15, 0.2) is 0 Å². The summed E-state index contributed by atoms with van der Waals surface area (Å²) in [5.74, 6) is -0.838. The van der Waals surface area contributed by atoms with Gasteiger partial charge in [0.1, 0.15) is 18.2 Å². The summed E-state index contributed by atoms with van der Waals surface area (Å²) in [5, 5.41) is 13.1. The molecule has 1 aliphatic rings. The van der Waals surface area contributed by atoms with Gasteiger partial charge in [0.15, 0.2) is 12.4 Å².